The maximum atomic E-state index is 12.5. The van der Waals surface area contributed by atoms with Crippen LogP contribution in [0.25, 0.3) is 0 Å². The second-order valence-corrected chi connectivity index (χ2v) is 7.97. The molecule has 8 nitrogen and oxygen atoms in total. The van der Waals surface area contributed by atoms with Gasteiger partial charge in [-0.15, -0.1) is 0 Å². The van der Waals surface area contributed by atoms with Crippen molar-refractivity contribution >= 4 is 31.6 Å². The van der Waals surface area contributed by atoms with Gasteiger partial charge in [-0.05, 0) is 22.0 Å². The topological polar surface area (TPSA) is 111 Å². The van der Waals surface area contributed by atoms with Crippen LogP contribution in [-0.2, 0) is 10.0 Å². The summed E-state index contributed by atoms with van der Waals surface area (Å²) < 4.78 is 73.2. The fourth-order valence-electron chi connectivity index (χ4n) is 2.17. The van der Waals surface area contributed by atoms with Crippen molar-refractivity contribution in [3.63, 3.8) is 0 Å². The third-order valence-electron chi connectivity index (χ3n) is 3.31. The SMILES string of the molecule is COc1cc(OC)nc(C(O)c2cccc(Br)c2NS(=O)(=O)CC(F)(F)F)n1. The summed E-state index contributed by atoms with van der Waals surface area (Å²) in [4.78, 5) is 7.93. The minimum absolute atomic E-state index is 0.0649. The van der Waals surface area contributed by atoms with E-state index in [1.54, 1.807) is 0 Å². The summed E-state index contributed by atoms with van der Waals surface area (Å²) >= 11 is 3.07. The van der Waals surface area contributed by atoms with Crippen molar-refractivity contribution in [3.8, 4) is 11.8 Å². The zero-order valence-electron chi connectivity index (χ0n) is 14.5. The highest BCUT2D eigenvalue weighted by Crippen LogP contribution is 2.35. The number of hydrogen-bond donors (Lipinski definition) is 2. The number of nitrogens with one attached hydrogen (secondary N) is 1. The monoisotopic (exact) mass is 485 g/mol. The van der Waals surface area contributed by atoms with E-state index >= 15 is 0 Å². The molecule has 1 unspecified atom stereocenters. The number of halogens is 4. The summed E-state index contributed by atoms with van der Waals surface area (Å²) in [5.74, 6) is -2.16. The van der Waals surface area contributed by atoms with E-state index < -0.39 is 28.1 Å². The quantitative estimate of drug-likeness (QED) is 0.619. The van der Waals surface area contributed by atoms with Crippen LogP contribution in [0.3, 0.4) is 0 Å². The van der Waals surface area contributed by atoms with Gasteiger partial charge in [-0.25, -0.2) is 8.42 Å². The molecular formula is C15H15BrF3N3O5S. The van der Waals surface area contributed by atoms with Crippen molar-refractivity contribution in [2.24, 2.45) is 0 Å². The molecule has 1 atom stereocenters. The molecule has 1 aromatic heterocycles. The Bertz CT molecular complexity index is 934. The Labute approximate surface area is 166 Å². The molecule has 2 rings (SSSR count). The highest BCUT2D eigenvalue weighted by Gasteiger charge is 2.36. The molecule has 0 aliphatic rings. The van der Waals surface area contributed by atoms with Crippen LogP contribution in [0.15, 0.2) is 28.7 Å². The van der Waals surface area contributed by atoms with Crippen LogP contribution in [0.1, 0.15) is 17.5 Å². The van der Waals surface area contributed by atoms with Crippen LogP contribution < -0.4 is 14.2 Å². The van der Waals surface area contributed by atoms with Crippen LogP contribution in [0.2, 0.25) is 0 Å². The van der Waals surface area contributed by atoms with Gasteiger partial charge in [0.05, 0.1) is 26.0 Å². The number of ether oxygens (including phenoxy) is 2. The highest BCUT2D eigenvalue weighted by molar-refractivity contribution is 9.10. The molecule has 0 saturated carbocycles. The molecule has 1 heterocycles. The van der Waals surface area contributed by atoms with Gasteiger partial charge in [-0.2, -0.15) is 23.1 Å². The second kappa shape index (κ2) is 8.49. The predicted octanol–water partition coefficient (Wildman–Crippen LogP) is 2.64. The summed E-state index contributed by atoms with van der Waals surface area (Å²) in [7, 11) is -2.13. The van der Waals surface area contributed by atoms with Gasteiger partial charge in [0, 0.05) is 10.0 Å². The van der Waals surface area contributed by atoms with Crippen LogP contribution in [-0.4, -0.2) is 49.6 Å². The number of aliphatic hydroxyl groups is 1. The molecule has 2 N–H and O–H groups in total. The maximum absolute atomic E-state index is 12.5. The minimum Gasteiger partial charge on any atom is -0.481 e. The van der Waals surface area contributed by atoms with E-state index in [0.717, 1.165) is 0 Å². The van der Waals surface area contributed by atoms with Crippen molar-refractivity contribution < 1.29 is 36.2 Å². The fraction of sp³-hybridized carbons (Fsp3) is 0.333. The van der Waals surface area contributed by atoms with Crippen molar-refractivity contribution in [3.05, 3.63) is 40.1 Å². The molecule has 0 radical (unpaired) electrons. The summed E-state index contributed by atoms with van der Waals surface area (Å²) in [5, 5.41) is 10.7. The number of alkyl halides is 3. The molecule has 28 heavy (non-hydrogen) atoms. The first kappa shape index (κ1) is 22.2. The summed E-state index contributed by atoms with van der Waals surface area (Å²) in [5.41, 5.74) is -0.347. The van der Waals surface area contributed by atoms with Crippen LogP contribution in [0.5, 0.6) is 11.8 Å². The average molecular weight is 486 g/mol. The number of aromatic nitrogens is 2. The predicted molar refractivity (Wildman–Crippen MR) is 96.8 cm³/mol. The largest absolute Gasteiger partial charge is 0.481 e. The van der Waals surface area contributed by atoms with Crippen molar-refractivity contribution in [2.45, 2.75) is 12.3 Å². The van der Waals surface area contributed by atoms with Crippen molar-refractivity contribution in [1.82, 2.24) is 9.97 Å². The standard InChI is InChI=1S/C15H15BrF3N3O5S/c1-26-10-6-11(27-2)21-14(20-10)13(23)8-4-3-5-9(16)12(8)22-28(24,25)7-15(17,18)19/h3-6,13,22-23H,7H2,1-2H3. The number of rotatable bonds is 7. The van der Waals surface area contributed by atoms with Gasteiger partial charge in [0.2, 0.25) is 21.8 Å². The number of nitrogens with zero attached hydrogens (tertiary/aromatic N) is 2. The van der Waals surface area contributed by atoms with E-state index in [4.69, 9.17) is 9.47 Å². The minimum atomic E-state index is -4.94. The van der Waals surface area contributed by atoms with Gasteiger partial charge in [-0.3, -0.25) is 4.72 Å². The number of methoxy groups -OCH3 is 2. The molecule has 0 aliphatic carbocycles. The van der Waals surface area contributed by atoms with Gasteiger partial charge in [0.25, 0.3) is 0 Å². The molecule has 0 saturated heterocycles. The second-order valence-electron chi connectivity index (χ2n) is 5.39. The maximum Gasteiger partial charge on any atom is 0.404 e. The molecule has 0 bridgehead atoms. The van der Waals surface area contributed by atoms with E-state index in [2.05, 4.69) is 25.9 Å². The zero-order valence-corrected chi connectivity index (χ0v) is 16.9. The van der Waals surface area contributed by atoms with E-state index in [0.29, 0.717) is 0 Å². The van der Waals surface area contributed by atoms with E-state index in [9.17, 15) is 26.7 Å². The number of sulfonamides is 1. The number of anilines is 1. The average Bonchev–Trinajstić information content (AvgIpc) is 2.60. The Kier molecular flexibility index (Phi) is 6.72. The van der Waals surface area contributed by atoms with E-state index in [-0.39, 0.29) is 33.3 Å². The Morgan fingerprint density at radius 2 is 1.79 bits per heavy atom. The first-order valence-electron chi connectivity index (χ1n) is 7.46. The number of para-hydroxylation sites is 1. The molecule has 154 valence electrons. The van der Waals surface area contributed by atoms with E-state index in [1.807, 2.05) is 4.72 Å². The normalized spacial score (nSPS) is 13.1. The molecule has 0 spiro atoms. The first-order valence-corrected chi connectivity index (χ1v) is 9.91. The summed E-state index contributed by atoms with van der Waals surface area (Å²) in [6.45, 7) is 0. The Morgan fingerprint density at radius 1 is 1.21 bits per heavy atom. The molecular weight excluding hydrogens is 471 g/mol. The lowest BCUT2D eigenvalue weighted by Gasteiger charge is -2.18. The third kappa shape index (κ3) is 5.69. The van der Waals surface area contributed by atoms with Gasteiger partial charge in [-0.1, -0.05) is 12.1 Å². The van der Waals surface area contributed by atoms with Crippen LogP contribution in [0.4, 0.5) is 18.9 Å². The number of aliphatic hydroxyl groups excluding tert-OH is 1. The first-order chi connectivity index (χ1) is 13.0. The molecule has 0 amide bonds. The molecule has 1 aromatic carbocycles. The summed E-state index contributed by atoms with van der Waals surface area (Å²) in [6, 6.07) is 5.52. The molecule has 2 aromatic rings. The number of benzene rings is 1. The molecule has 13 heteroatoms. The lowest BCUT2D eigenvalue weighted by Crippen LogP contribution is -2.28. The number of hydrogen-bond acceptors (Lipinski definition) is 7. The van der Waals surface area contributed by atoms with Crippen molar-refractivity contribution in [1.29, 1.82) is 0 Å². The Morgan fingerprint density at radius 3 is 2.29 bits per heavy atom. The van der Waals surface area contributed by atoms with Gasteiger partial charge in [0.1, 0.15) is 6.10 Å². The Balaban J connectivity index is 2.49. The Hall–Kier alpha value is -2.12. The van der Waals surface area contributed by atoms with E-state index in [1.165, 1.54) is 38.5 Å². The highest BCUT2D eigenvalue weighted by atomic mass is 79.9. The van der Waals surface area contributed by atoms with Crippen LogP contribution in [0, 0.1) is 0 Å². The smallest absolute Gasteiger partial charge is 0.404 e. The van der Waals surface area contributed by atoms with Crippen LogP contribution >= 0.6 is 15.9 Å². The van der Waals surface area contributed by atoms with Gasteiger partial charge >= 0.3 is 6.18 Å². The van der Waals surface area contributed by atoms with Gasteiger partial charge in [0.15, 0.2) is 11.6 Å². The van der Waals surface area contributed by atoms with Crippen molar-refractivity contribution in [2.75, 3.05) is 24.7 Å². The lowest BCUT2D eigenvalue weighted by molar-refractivity contribution is -0.106. The fourth-order valence-corrected chi connectivity index (χ4v) is 3.83. The third-order valence-corrected chi connectivity index (χ3v) is 5.19. The van der Waals surface area contributed by atoms with Gasteiger partial charge < -0.3 is 14.6 Å². The molecule has 0 aliphatic heterocycles. The zero-order chi connectivity index (χ0) is 21.1. The lowest BCUT2D eigenvalue weighted by atomic mass is 10.1. The molecule has 0 fully saturated rings. The summed E-state index contributed by atoms with van der Waals surface area (Å²) in [6.07, 6.45) is -6.53.